The van der Waals surface area contributed by atoms with Crippen molar-refractivity contribution in [2.24, 2.45) is 5.92 Å². The molecule has 5 nitrogen and oxygen atoms in total. The molecule has 1 aliphatic heterocycles. The molecule has 4 rings (SSSR count). The van der Waals surface area contributed by atoms with Crippen LogP contribution in [0.25, 0.3) is 10.9 Å². The van der Waals surface area contributed by atoms with E-state index in [0.717, 1.165) is 39.2 Å². The summed E-state index contributed by atoms with van der Waals surface area (Å²) in [6.45, 7) is 3.32. The molecule has 3 aromatic rings. The minimum absolute atomic E-state index is 0.0589. The molecule has 1 N–H and O–H groups in total. The van der Waals surface area contributed by atoms with E-state index < -0.39 is 0 Å². The van der Waals surface area contributed by atoms with E-state index in [4.69, 9.17) is 4.74 Å². The lowest BCUT2D eigenvalue weighted by molar-refractivity contribution is -0.151. The van der Waals surface area contributed by atoms with E-state index in [2.05, 4.69) is 23.2 Å². The predicted octanol–water partition coefficient (Wildman–Crippen LogP) is 4.66. The van der Waals surface area contributed by atoms with E-state index in [9.17, 15) is 9.59 Å². The maximum atomic E-state index is 13.2. The molecule has 0 radical (unpaired) electrons. The number of carbonyl (C=O) groups excluding carboxylic acids is 2. The van der Waals surface area contributed by atoms with Gasteiger partial charge in [-0.15, -0.1) is 0 Å². The maximum absolute atomic E-state index is 13.2. The molecule has 156 valence electrons. The number of piperidine rings is 1. The van der Waals surface area contributed by atoms with Crippen LogP contribution < -0.4 is 0 Å². The topological polar surface area (TPSA) is 62.4 Å². The van der Waals surface area contributed by atoms with Gasteiger partial charge in [0, 0.05) is 34.5 Å². The van der Waals surface area contributed by atoms with Crippen molar-refractivity contribution in [2.45, 2.75) is 36.1 Å². The van der Waals surface area contributed by atoms with E-state index >= 15 is 0 Å². The summed E-state index contributed by atoms with van der Waals surface area (Å²) in [4.78, 5) is 31.8. The Balaban J connectivity index is 1.56. The van der Waals surface area contributed by atoms with Crippen LogP contribution in [0.15, 0.2) is 64.5 Å². The van der Waals surface area contributed by atoms with Gasteiger partial charge in [0.25, 0.3) is 0 Å². The number of likely N-dealkylation sites (tertiary alicyclic amines) is 1. The second-order valence-electron chi connectivity index (χ2n) is 7.50. The van der Waals surface area contributed by atoms with Gasteiger partial charge < -0.3 is 14.6 Å². The second kappa shape index (κ2) is 9.39. The van der Waals surface area contributed by atoms with Crippen LogP contribution in [0, 0.1) is 5.92 Å². The number of para-hydroxylation sites is 1. The molecule has 1 fully saturated rings. The van der Waals surface area contributed by atoms with Crippen molar-refractivity contribution in [3.8, 4) is 0 Å². The Labute approximate surface area is 180 Å². The average molecular weight is 423 g/mol. The molecule has 0 unspecified atom stereocenters. The Morgan fingerprint density at radius 1 is 1.13 bits per heavy atom. The number of aromatic amines is 1. The zero-order valence-corrected chi connectivity index (χ0v) is 17.9. The summed E-state index contributed by atoms with van der Waals surface area (Å²) in [5, 5.41) is 2.07. The zero-order chi connectivity index (χ0) is 20.9. The standard InChI is InChI=1S/C24H26N2O3S/c1-2-29-24(28)17-9-8-14-26(16-17)22(27)15-20-19-12-6-7-13-21(19)25-23(20)30-18-10-4-3-5-11-18/h3-7,10-13,17,25H,2,8-9,14-16H2,1H3/t17-/m1/s1. The fourth-order valence-corrected chi connectivity index (χ4v) is 4.96. The van der Waals surface area contributed by atoms with Gasteiger partial charge in [0.2, 0.25) is 5.91 Å². The summed E-state index contributed by atoms with van der Waals surface area (Å²) in [6, 6.07) is 18.2. The number of hydrogen-bond acceptors (Lipinski definition) is 4. The Morgan fingerprint density at radius 2 is 1.90 bits per heavy atom. The van der Waals surface area contributed by atoms with Gasteiger partial charge in [0.05, 0.1) is 24.0 Å². The number of amides is 1. The summed E-state index contributed by atoms with van der Waals surface area (Å²) in [5.74, 6) is -0.352. The number of nitrogens with zero attached hydrogens (tertiary/aromatic N) is 1. The molecule has 1 amide bonds. The molecule has 6 heteroatoms. The fourth-order valence-electron chi connectivity index (χ4n) is 3.96. The van der Waals surface area contributed by atoms with Crippen molar-refractivity contribution in [3.05, 3.63) is 60.2 Å². The monoisotopic (exact) mass is 422 g/mol. The van der Waals surface area contributed by atoms with E-state index in [0.29, 0.717) is 26.1 Å². The number of aromatic nitrogens is 1. The molecule has 0 bridgehead atoms. The van der Waals surface area contributed by atoms with Crippen molar-refractivity contribution >= 4 is 34.5 Å². The van der Waals surface area contributed by atoms with Crippen LogP contribution in [-0.2, 0) is 20.7 Å². The lowest BCUT2D eigenvalue weighted by Gasteiger charge is -2.31. The molecule has 2 heterocycles. The van der Waals surface area contributed by atoms with Crippen LogP contribution >= 0.6 is 11.8 Å². The van der Waals surface area contributed by atoms with Crippen LogP contribution in [0.2, 0.25) is 0 Å². The van der Waals surface area contributed by atoms with Crippen molar-refractivity contribution < 1.29 is 14.3 Å². The molecule has 30 heavy (non-hydrogen) atoms. The third kappa shape index (κ3) is 4.54. The first-order chi connectivity index (χ1) is 14.7. The molecule has 1 atom stereocenters. The molecule has 0 saturated carbocycles. The molecular weight excluding hydrogens is 396 g/mol. The minimum atomic E-state index is -0.219. The number of ether oxygens (including phenoxy) is 1. The first-order valence-corrected chi connectivity index (χ1v) is 11.2. The van der Waals surface area contributed by atoms with Gasteiger partial charge in [0.1, 0.15) is 0 Å². The highest BCUT2D eigenvalue weighted by Gasteiger charge is 2.30. The molecule has 1 saturated heterocycles. The van der Waals surface area contributed by atoms with Gasteiger partial charge in [-0.1, -0.05) is 48.2 Å². The first-order valence-electron chi connectivity index (χ1n) is 10.4. The largest absolute Gasteiger partial charge is 0.466 e. The van der Waals surface area contributed by atoms with E-state index in [1.165, 1.54) is 0 Å². The van der Waals surface area contributed by atoms with Crippen molar-refractivity contribution in [3.63, 3.8) is 0 Å². The van der Waals surface area contributed by atoms with Crippen LogP contribution in [0.5, 0.6) is 0 Å². The number of benzene rings is 2. The number of fused-ring (bicyclic) bond motifs is 1. The summed E-state index contributed by atoms with van der Waals surface area (Å²) < 4.78 is 5.17. The lowest BCUT2D eigenvalue weighted by Crippen LogP contribution is -2.43. The summed E-state index contributed by atoms with van der Waals surface area (Å²) >= 11 is 1.64. The first kappa shape index (κ1) is 20.5. The normalized spacial score (nSPS) is 16.6. The smallest absolute Gasteiger partial charge is 0.310 e. The minimum Gasteiger partial charge on any atom is -0.466 e. The quantitative estimate of drug-likeness (QED) is 0.587. The number of nitrogens with one attached hydrogen (secondary N) is 1. The van der Waals surface area contributed by atoms with Crippen molar-refractivity contribution in [2.75, 3.05) is 19.7 Å². The van der Waals surface area contributed by atoms with E-state index in [-0.39, 0.29) is 17.8 Å². The average Bonchev–Trinajstić information content (AvgIpc) is 3.11. The predicted molar refractivity (Wildman–Crippen MR) is 119 cm³/mol. The Morgan fingerprint density at radius 3 is 2.70 bits per heavy atom. The van der Waals surface area contributed by atoms with Gasteiger partial charge in [-0.3, -0.25) is 9.59 Å². The Bertz CT molecular complexity index is 1030. The fraction of sp³-hybridized carbons (Fsp3) is 0.333. The SMILES string of the molecule is CCOC(=O)[C@@H]1CCCN(C(=O)Cc2c(Sc3ccccc3)[nH]c3ccccc23)C1. The number of rotatable bonds is 6. The highest BCUT2D eigenvalue weighted by molar-refractivity contribution is 7.99. The summed E-state index contributed by atoms with van der Waals surface area (Å²) in [7, 11) is 0. The van der Waals surface area contributed by atoms with Crippen LogP contribution in [0.1, 0.15) is 25.3 Å². The van der Waals surface area contributed by atoms with Gasteiger partial charge in [-0.25, -0.2) is 0 Å². The lowest BCUT2D eigenvalue weighted by atomic mass is 9.97. The van der Waals surface area contributed by atoms with Gasteiger partial charge >= 0.3 is 5.97 Å². The van der Waals surface area contributed by atoms with E-state index in [1.54, 1.807) is 11.8 Å². The second-order valence-corrected chi connectivity index (χ2v) is 8.58. The molecule has 1 aliphatic rings. The third-order valence-corrected chi connectivity index (χ3v) is 6.52. The van der Waals surface area contributed by atoms with Gasteiger partial charge in [0.15, 0.2) is 0 Å². The van der Waals surface area contributed by atoms with Gasteiger partial charge in [-0.2, -0.15) is 0 Å². The number of esters is 1. The van der Waals surface area contributed by atoms with Crippen molar-refractivity contribution in [1.82, 2.24) is 9.88 Å². The number of carbonyl (C=O) groups is 2. The number of H-pyrrole nitrogens is 1. The third-order valence-electron chi connectivity index (χ3n) is 5.46. The van der Waals surface area contributed by atoms with Crippen LogP contribution in [0.3, 0.4) is 0 Å². The van der Waals surface area contributed by atoms with Crippen molar-refractivity contribution in [1.29, 1.82) is 0 Å². The van der Waals surface area contributed by atoms with E-state index in [1.807, 2.05) is 48.2 Å². The Hall–Kier alpha value is -2.73. The molecule has 2 aromatic carbocycles. The van der Waals surface area contributed by atoms with Gasteiger partial charge in [-0.05, 0) is 38.0 Å². The molecular formula is C24H26N2O3S. The molecule has 0 spiro atoms. The molecule has 0 aliphatic carbocycles. The maximum Gasteiger partial charge on any atom is 0.310 e. The summed E-state index contributed by atoms with van der Waals surface area (Å²) in [5.41, 5.74) is 2.05. The highest BCUT2D eigenvalue weighted by Crippen LogP contribution is 2.35. The van der Waals surface area contributed by atoms with Crippen LogP contribution in [-0.4, -0.2) is 41.5 Å². The molecule has 1 aromatic heterocycles. The zero-order valence-electron chi connectivity index (χ0n) is 17.1. The Kier molecular flexibility index (Phi) is 6.43. The highest BCUT2D eigenvalue weighted by atomic mass is 32.2. The number of hydrogen-bond donors (Lipinski definition) is 1. The summed E-state index contributed by atoms with van der Waals surface area (Å²) in [6.07, 6.45) is 1.92. The van der Waals surface area contributed by atoms with Crippen LogP contribution in [0.4, 0.5) is 0 Å².